The van der Waals surface area contributed by atoms with Crippen LogP contribution in [0.2, 0.25) is 0 Å². The first-order valence-electron chi connectivity index (χ1n) is 7.56. The number of amides is 4. The van der Waals surface area contributed by atoms with E-state index >= 15 is 0 Å². The highest BCUT2D eigenvalue weighted by atomic mass is 16.2. The van der Waals surface area contributed by atoms with Crippen molar-refractivity contribution in [3.63, 3.8) is 0 Å². The molecule has 22 heavy (non-hydrogen) atoms. The minimum atomic E-state index is -0.464. The summed E-state index contributed by atoms with van der Waals surface area (Å²) in [6.07, 6.45) is 1.61. The Morgan fingerprint density at radius 3 is 2.86 bits per heavy atom. The quantitative estimate of drug-likeness (QED) is 0.880. The van der Waals surface area contributed by atoms with Gasteiger partial charge in [0.15, 0.2) is 0 Å². The van der Waals surface area contributed by atoms with E-state index in [0.29, 0.717) is 19.4 Å². The van der Waals surface area contributed by atoms with E-state index in [0.717, 1.165) is 12.1 Å². The number of fused-ring (bicyclic) bond motifs is 1. The molecule has 1 fully saturated rings. The molecule has 2 aliphatic rings. The molecule has 6 heteroatoms. The zero-order valence-electron chi connectivity index (χ0n) is 12.5. The van der Waals surface area contributed by atoms with Crippen LogP contribution >= 0.6 is 0 Å². The molecule has 6 nitrogen and oxygen atoms in total. The van der Waals surface area contributed by atoms with Gasteiger partial charge in [-0.25, -0.2) is 4.79 Å². The summed E-state index contributed by atoms with van der Waals surface area (Å²) in [5.41, 5.74) is 2.16. The molecule has 2 unspecified atom stereocenters. The number of imide groups is 1. The molecule has 1 aromatic carbocycles. The minimum Gasteiger partial charge on any atom is -0.335 e. The van der Waals surface area contributed by atoms with Crippen molar-refractivity contribution in [3.05, 3.63) is 29.8 Å². The van der Waals surface area contributed by atoms with Gasteiger partial charge in [-0.05, 0) is 31.4 Å². The van der Waals surface area contributed by atoms with Crippen molar-refractivity contribution < 1.29 is 14.4 Å². The number of urea groups is 1. The number of carbonyl (C=O) groups is 3. The van der Waals surface area contributed by atoms with E-state index in [1.165, 1.54) is 5.56 Å². The van der Waals surface area contributed by atoms with Gasteiger partial charge in [-0.3, -0.25) is 14.9 Å². The molecular weight excluding hydrogens is 282 g/mol. The summed E-state index contributed by atoms with van der Waals surface area (Å²) >= 11 is 0. The van der Waals surface area contributed by atoms with Crippen molar-refractivity contribution in [2.75, 3.05) is 11.4 Å². The Balaban J connectivity index is 1.61. The molecule has 0 radical (unpaired) electrons. The smallest absolute Gasteiger partial charge is 0.321 e. The third kappa shape index (κ3) is 2.68. The third-order valence-electron chi connectivity index (χ3n) is 4.39. The fraction of sp³-hybridized carbons (Fsp3) is 0.438. The van der Waals surface area contributed by atoms with Crippen molar-refractivity contribution in [2.24, 2.45) is 5.92 Å². The van der Waals surface area contributed by atoms with E-state index in [-0.39, 0.29) is 23.8 Å². The van der Waals surface area contributed by atoms with Crippen LogP contribution in [0.15, 0.2) is 24.3 Å². The van der Waals surface area contributed by atoms with Gasteiger partial charge in [-0.1, -0.05) is 18.2 Å². The first-order chi connectivity index (χ1) is 10.6. The molecule has 3 rings (SSSR count). The molecule has 0 bridgehead atoms. The van der Waals surface area contributed by atoms with Crippen LogP contribution in [-0.2, 0) is 16.0 Å². The Hall–Kier alpha value is -2.37. The minimum absolute atomic E-state index is 0.0295. The van der Waals surface area contributed by atoms with Crippen molar-refractivity contribution in [2.45, 2.75) is 32.2 Å². The van der Waals surface area contributed by atoms with E-state index in [1.807, 2.05) is 24.3 Å². The van der Waals surface area contributed by atoms with E-state index in [9.17, 15) is 14.4 Å². The van der Waals surface area contributed by atoms with Crippen molar-refractivity contribution in [3.8, 4) is 0 Å². The number of para-hydroxylation sites is 1. The lowest BCUT2D eigenvalue weighted by Gasteiger charge is -2.29. The lowest BCUT2D eigenvalue weighted by Crippen LogP contribution is -2.57. The summed E-state index contributed by atoms with van der Waals surface area (Å²) in [6, 6.07) is 7.18. The van der Waals surface area contributed by atoms with Crippen LogP contribution in [0, 0.1) is 5.92 Å². The molecule has 0 aromatic heterocycles. The molecule has 116 valence electrons. The van der Waals surface area contributed by atoms with Crippen LogP contribution in [0.4, 0.5) is 10.5 Å². The molecule has 4 amide bonds. The van der Waals surface area contributed by atoms with Gasteiger partial charge in [0.25, 0.3) is 0 Å². The van der Waals surface area contributed by atoms with Gasteiger partial charge in [-0.15, -0.1) is 0 Å². The predicted octanol–water partition coefficient (Wildman–Crippen LogP) is 1.20. The fourth-order valence-corrected chi connectivity index (χ4v) is 3.17. The van der Waals surface area contributed by atoms with Gasteiger partial charge in [0.05, 0.1) is 5.92 Å². The number of benzene rings is 1. The Bertz CT molecular complexity index is 629. The van der Waals surface area contributed by atoms with Crippen LogP contribution in [0.3, 0.4) is 0 Å². The maximum absolute atomic E-state index is 12.4. The van der Waals surface area contributed by atoms with Gasteiger partial charge in [0.1, 0.15) is 0 Å². The molecule has 1 aromatic rings. The lowest BCUT2D eigenvalue weighted by molar-refractivity contribution is -0.126. The Labute approximate surface area is 128 Å². The molecular formula is C16H19N3O3. The topological polar surface area (TPSA) is 78.5 Å². The van der Waals surface area contributed by atoms with Crippen LogP contribution in [0.25, 0.3) is 0 Å². The highest BCUT2D eigenvalue weighted by Gasteiger charge is 2.33. The second kappa shape index (κ2) is 5.79. The van der Waals surface area contributed by atoms with Gasteiger partial charge in [-0.2, -0.15) is 0 Å². The third-order valence-corrected chi connectivity index (χ3v) is 4.39. The average molecular weight is 301 g/mol. The van der Waals surface area contributed by atoms with E-state index < -0.39 is 6.03 Å². The maximum Gasteiger partial charge on any atom is 0.321 e. The number of nitrogens with one attached hydrogen (secondary N) is 2. The van der Waals surface area contributed by atoms with Crippen LogP contribution in [0.1, 0.15) is 25.3 Å². The SMILES string of the molecule is CC1NC(=O)NC(=O)C1CCC(=O)N1CCc2ccccc21. The number of rotatable bonds is 3. The van der Waals surface area contributed by atoms with Gasteiger partial charge >= 0.3 is 6.03 Å². The highest BCUT2D eigenvalue weighted by Crippen LogP contribution is 2.28. The standard InChI is InChI=1S/C16H19N3O3/c1-10-12(15(21)18-16(22)17-10)6-7-14(20)19-9-8-11-4-2-3-5-13(11)19/h2-5,10,12H,6-9H2,1H3,(H2,17,18,21,22). The number of hydrogen-bond donors (Lipinski definition) is 2. The average Bonchev–Trinajstić information content (AvgIpc) is 2.90. The zero-order chi connectivity index (χ0) is 15.7. The highest BCUT2D eigenvalue weighted by molar-refractivity contribution is 5.99. The summed E-state index contributed by atoms with van der Waals surface area (Å²) in [5.74, 6) is -0.632. The lowest BCUT2D eigenvalue weighted by atomic mass is 9.93. The second-order valence-electron chi connectivity index (χ2n) is 5.82. The number of carbonyl (C=O) groups excluding carboxylic acids is 3. The Morgan fingerprint density at radius 1 is 1.32 bits per heavy atom. The molecule has 2 heterocycles. The largest absolute Gasteiger partial charge is 0.335 e. The Morgan fingerprint density at radius 2 is 2.09 bits per heavy atom. The normalized spacial score (nSPS) is 23.8. The van der Waals surface area contributed by atoms with Crippen LogP contribution in [-0.4, -0.2) is 30.4 Å². The van der Waals surface area contributed by atoms with Crippen molar-refractivity contribution in [1.82, 2.24) is 10.6 Å². The summed E-state index contributed by atoms with van der Waals surface area (Å²) in [5, 5.41) is 4.93. The van der Waals surface area contributed by atoms with Crippen LogP contribution < -0.4 is 15.5 Å². The maximum atomic E-state index is 12.4. The fourth-order valence-electron chi connectivity index (χ4n) is 3.17. The summed E-state index contributed by atoms with van der Waals surface area (Å²) in [6.45, 7) is 2.48. The molecule has 2 aliphatic heterocycles. The molecule has 2 atom stereocenters. The molecule has 0 saturated carbocycles. The van der Waals surface area contributed by atoms with E-state index in [2.05, 4.69) is 10.6 Å². The van der Waals surface area contributed by atoms with Gasteiger partial charge in [0.2, 0.25) is 11.8 Å². The van der Waals surface area contributed by atoms with Gasteiger partial charge < -0.3 is 10.2 Å². The zero-order valence-corrected chi connectivity index (χ0v) is 12.5. The first kappa shape index (κ1) is 14.6. The van der Waals surface area contributed by atoms with E-state index in [1.54, 1.807) is 11.8 Å². The number of anilines is 1. The first-order valence-corrected chi connectivity index (χ1v) is 7.56. The molecule has 0 aliphatic carbocycles. The Kier molecular flexibility index (Phi) is 3.83. The van der Waals surface area contributed by atoms with Crippen molar-refractivity contribution >= 4 is 23.5 Å². The van der Waals surface area contributed by atoms with E-state index in [4.69, 9.17) is 0 Å². The number of hydrogen-bond acceptors (Lipinski definition) is 3. The van der Waals surface area contributed by atoms with Crippen molar-refractivity contribution in [1.29, 1.82) is 0 Å². The van der Waals surface area contributed by atoms with Crippen LogP contribution in [0.5, 0.6) is 0 Å². The molecule has 2 N–H and O–H groups in total. The van der Waals surface area contributed by atoms with Gasteiger partial charge in [0, 0.05) is 24.7 Å². The summed E-state index contributed by atoms with van der Waals surface area (Å²) in [4.78, 5) is 37.3. The number of nitrogens with zero attached hydrogens (tertiary/aromatic N) is 1. The summed E-state index contributed by atoms with van der Waals surface area (Å²) < 4.78 is 0. The molecule has 0 spiro atoms. The second-order valence-corrected chi connectivity index (χ2v) is 5.82. The molecule has 1 saturated heterocycles. The summed E-state index contributed by atoms with van der Waals surface area (Å²) in [7, 11) is 0. The predicted molar refractivity (Wildman–Crippen MR) is 81.4 cm³/mol. The monoisotopic (exact) mass is 301 g/mol.